The number of pyridine rings is 1. The molecule has 4 nitrogen and oxygen atoms in total. The Kier molecular flexibility index (Phi) is 4.50. The number of nitrogens with zero attached hydrogens (tertiary/aromatic N) is 1. The van der Waals surface area contributed by atoms with Crippen molar-refractivity contribution in [1.29, 1.82) is 0 Å². The van der Waals surface area contributed by atoms with Crippen molar-refractivity contribution in [3.05, 3.63) is 60.4 Å². The molecule has 0 saturated carbocycles. The van der Waals surface area contributed by atoms with Crippen LogP contribution in [0.4, 0.5) is 0 Å². The van der Waals surface area contributed by atoms with Crippen LogP contribution in [0.25, 0.3) is 0 Å². The first kappa shape index (κ1) is 13.1. The van der Waals surface area contributed by atoms with E-state index in [1.807, 2.05) is 30.3 Å². The van der Waals surface area contributed by atoms with Crippen LogP contribution in [0.3, 0.4) is 0 Å². The molecule has 1 aromatic carbocycles. The molecule has 0 spiro atoms. The number of rotatable bonds is 5. The van der Waals surface area contributed by atoms with Gasteiger partial charge in [0.05, 0.1) is 6.61 Å². The SMILES string of the molecule is CCOC(=O)C(Oc1ccncc1)c1ccccc1. The largest absolute Gasteiger partial charge is 0.474 e. The lowest BCUT2D eigenvalue weighted by Crippen LogP contribution is -2.21. The molecule has 0 aliphatic carbocycles. The van der Waals surface area contributed by atoms with Crippen LogP contribution in [0.15, 0.2) is 54.9 Å². The minimum absolute atomic E-state index is 0.321. The third-order valence-electron chi connectivity index (χ3n) is 2.51. The van der Waals surface area contributed by atoms with E-state index < -0.39 is 12.1 Å². The van der Waals surface area contributed by atoms with Crippen LogP contribution in [-0.4, -0.2) is 17.6 Å². The summed E-state index contributed by atoms with van der Waals surface area (Å²) >= 11 is 0. The summed E-state index contributed by atoms with van der Waals surface area (Å²) < 4.78 is 10.8. The highest BCUT2D eigenvalue weighted by Crippen LogP contribution is 2.22. The van der Waals surface area contributed by atoms with Crippen molar-refractivity contribution in [2.75, 3.05) is 6.61 Å². The van der Waals surface area contributed by atoms with Crippen LogP contribution in [0, 0.1) is 0 Å². The monoisotopic (exact) mass is 257 g/mol. The van der Waals surface area contributed by atoms with Crippen molar-refractivity contribution in [3.8, 4) is 5.75 Å². The van der Waals surface area contributed by atoms with E-state index in [1.54, 1.807) is 31.5 Å². The summed E-state index contributed by atoms with van der Waals surface area (Å²) in [5.74, 6) is 0.183. The number of carbonyl (C=O) groups excluding carboxylic acids is 1. The summed E-state index contributed by atoms with van der Waals surface area (Å²) in [5, 5.41) is 0. The van der Waals surface area contributed by atoms with E-state index in [2.05, 4.69) is 4.98 Å². The van der Waals surface area contributed by atoms with Crippen LogP contribution < -0.4 is 4.74 Å². The lowest BCUT2D eigenvalue weighted by Gasteiger charge is -2.17. The van der Waals surface area contributed by atoms with Gasteiger partial charge in [0.1, 0.15) is 5.75 Å². The van der Waals surface area contributed by atoms with E-state index in [-0.39, 0.29) is 0 Å². The molecule has 0 radical (unpaired) electrons. The van der Waals surface area contributed by atoms with Crippen LogP contribution in [0.2, 0.25) is 0 Å². The third-order valence-corrected chi connectivity index (χ3v) is 2.51. The van der Waals surface area contributed by atoms with Gasteiger partial charge in [0.2, 0.25) is 6.10 Å². The molecule has 0 amide bonds. The van der Waals surface area contributed by atoms with Crippen LogP contribution >= 0.6 is 0 Å². The lowest BCUT2D eigenvalue weighted by molar-refractivity contribution is -0.151. The molecule has 2 rings (SSSR count). The summed E-state index contributed by atoms with van der Waals surface area (Å²) in [7, 11) is 0. The number of ether oxygens (including phenoxy) is 2. The highest BCUT2D eigenvalue weighted by molar-refractivity contribution is 5.77. The predicted molar refractivity (Wildman–Crippen MR) is 70.7 cm³/mol. The van der Waals surface area contributed by atoms with Gasteiger partial charge in [-0.1, -0.05) is 30.3 Å². The Balaban J connectivity index is 2.22. The van der Waals surface area contributed by atoms with Crippen molar-refractivity contribution in [2.45, 2.75) is 13.0 Å². The van der Waals surface area contributed by atoms with Gasteiger partial charge in [-0.3, -0.25) is 4.98 Å². The molecule has 2 aromatic rings. The minimum atomic E-state index is -0.761. The summed E-state index contributed by atoms with van der Waals surface area (Å²) in [5.41, 5.74) is 0.762. The van der Waals surface area contributed by atoms with E-state index in [4.69, 9.17) is 9.47 Å². The van der Waals surface area contributed by atoms with Gasteiger partial charge in [-0.2, -0.15) is 0 Å². The molecule has 1 atom stereocenters. The molecule has 1 aromatic heterocycles. The molecule has 0 aliphatic rings. The summed E-state index contributed by atoms with van der Waals surface area (Å²) in [6, 6.07) is 12.7. The molecule has 4 heteroatoms. The molecule has 0 saturated heterocycles. The quantitative estimate of drug-likeness (QED) is 0.773. The topological polar surface area (TPSA) is 48.4 Å². The van der Waals surface area contributed by atoms with E-state index in [9.17, 15) is 4.79 Å². The maximum absolute atomic E-state index is 12.0. The van der Waals surface area contributed by atoms with Crippen molar-refractivity contribution in [1.82, 2.24) is 4.98 Å². The Morgan fingerprint density at radius 1 is 1.16 bits per heavy atom. The first-order chi connectivity index (χ1) is 9.31. The van der Waals surface area contributed by atoms with Gasteiger partial charge in [-0.05, 0) is 19.1 Å². The van der Waals surface area contributed by atoms with Crippen LogP contribution in [0.5, 0.6) is 5.75 Å². The maximum atomic E-state index is 12.0. The highest BCUT2D eigenvalue weighted by Gasteiger charge is 2.23. The van der Waals surface area contributed by atoms with E-state index in [0.717, 1.165) is 5.56 Å². The first-order valence-electron chi connectivity index (χ1n) is 6.09. The summed E-state index contributed by atoms with van der Waals surface area (Å²) in [6.07, 6.45) is 2.47. The fraction of sp³-hybridized carbons (Fsp3) is 0.200. The van der Waals surface area contributed by atoms with Crippen LogP contribution in [-0.2, 0) is 9.53 Å². The third kappa shape index (κ3) is 3.55. The molecular weight excluding hydrogens is 242 g/mol. The fourth-order valence-corrected chi connectivity index (χ4v) is 1.65. The fourth-order valence-electron chi connectivity index (χ4n) is 1.65. The first-order valence-corrected chi connectivity index (χ1v) is 6.09. The number of carbonyl (C=O) groups is 1. The number of hydrogen-bond donors (Lipinski definition) is 0. The summed E-state index contributed by atoms with van der Waals surface area (Å²) in [6.45, 7) is 2.09. The maximum Gasteiger partial charge on any atom is 0.352 e. The van der Waals surface area contributed by atoms with Crippen molar-refractivity contribution in [3.63, 3.8) is 0 Å². The lowest BCUT2D eigenvalue weighted by atomic mass is 10.1. The van der Waals surface area contributed by atoms with Gasteiger partial charge in [0.25, 0.3) is 0 Å². The number of aromatic nitrogens is 1. The van der Waals surface area contributed by atoms with E-state index in [1.165, 1.54) is 0 Å². The van der Waals surface area contributed by atoms with Crippen molar-refractivity contribution >= 4 is 5.97 Å². The molecule has 0 aliphatic heterocycles. The number of esters is 1. The number of hydrogen-bond acceptors (Lipinski definition) is 4. The Morgan fingerprint density at radius 3 is 2.47 bits per heavy atom. The van der Waals surface area contributed by atoms with E-state index in [0.29, 0.717) is 12.4 Å². The molecule has 1 heterocycles. The van der Waals surface area contributed by atoms with Gasteiger partial charge in [-0.25, -0.2) is 4.79 Å². The Labute approximate surface area is 112 Å². The van der Waals surface area contributed by atoms with Gasteiger partial charge in [0.15, 0.2) is 0 Å². The average molecular weight is 257 g/mol. The molecule has 0 bridgehead atoms. The van der Waals surface area contributed by atoms with Gasteiger partial charge in [-0.15, -0.1) is 0 Å². The Hall–Kier alpha value is -2.36. The standard InChI is InChI=1S/C15H15NO3/c1-2-18-15(17)14(12-6-4-3-5-7-12)19-13-8-10-16-11-9-13/h3-11,14H,2H2,1H3. The van der Waals surface area contributed by atoms with E-state index >= 15 is 0 Å². The zero-order chi connectivity index (χ0) is 13.5. The molecule has 0 fully saturated rings. The second kappa shape index (κ2) is 6.54. The van der Waals surface area contributed by atoms with Crippen molar-refractivity contribution < 1.29 is 14.3 Å². The molecular formula is C15H15NO3. The summed E-state index contributed by atoms with van der Waals surface area (Å²) in [4.78, 5) is 15.9. The van der Waals surface area contributed by atoms with Gasteiger partial charge >= 0.3 is 5.97 Å². The van der Waals surface area contributed by atoms with Gasteiger partial charge in [0, 0.05) is 18.0 Å². The Morgan fingerprint density at radius 2 is 1.84 bits per heavy atom. The normalized spacial score (nSPS) is 11.6. The highest BCUT2D eigenvalue weighted by atomic mass is 16.6. The second-order valence-electron chi connectivity index (χ2n) is 3.84. The molecule has 1 unspecified atom stereocenters. The predicted octanol–water partition coefficient (Wildman–Crippen LogP) is 2.76. The smallest absolute Gasteiger partial charge is 0.352 e. The molecule has 19 heavy (non-hydrogen) atoms. The van der Waals surface area contributed by atoms with Gasteiger partial charge < -0.3 is 9.47 Å². The zero-order valence-corrected chi connectivity index (χ0v) is 10.7. The van der Waals surface area contributed by atoms with Crippen LogP contribution in [0.1, 0.15) is 18.6 Å². The number of benzene rings is 1. The molecule has 98 valence electrons. The van der Waals surface area contributed by atoms with Crippen molar-refractivity contribution in [2.24, 2.45) is 0 Å². The average Bonchev–Trinajstić information content (AvgIpc) is 2.47. The molecule has 0 N–H and O–H groups in total. The minimum Gasteiger partial charge on any atom is -0.474 e. The Bertz CT molecular complexity index is 513. The second-order valence-corrected chi connectivity index (χ2v) is 3.84. The zero-order valence-electron chi connectivity index (χ0n) is 10.7.